The first-order chi connectivity index (χ1) is 10.7. The van der Waals surface area contributed by atoms with E-state index >= 15 is 0 Å². The number of aromatic nitrogens is 1. The number of ether oxygens (including phenoxy) is 1. The molecule has 1 atom stereocenters. The lowest BCUT2D eigenvalue weighted by atomic mass is 9.95. The van der Waals surface area contributed by atoms with Crippen molar-refractivity contribution in [3.8, 4) is 5.75 Å². The van der Waals surface area contributed by atoms with Crippen molar-refractivity contribution in [3.05, 3.63) is 53.9 Å². The molecule has 4 heteroatoms. The van der Waals surface area contributed by atoms with Crippen molar-refractivity contribution >= 4 is 11.6 Å². The second-order valence-electron chi connectivity index (χ2n) is 5.48. The molecule has 22 heavy (non-hydrogen) atoms. The Labute approximate surface area is 130 Å². The Hall–Kier alpha value is -2.36. The molecule has 0 aliphatic carbocycles. The summed E-state index contributed by atoms with van der Waals surface area (Å²) in [7, 11) is 1.65. The minimum Gasteiger partial charge on any atom is -0.497 e. The molecule has 0 bridgehead atoms. The van der Waals surface area contributed by atoms with Crippen LogP contribution in [0.3, 0.4) is 0 Å². The molecule has 1 aliphatic rings. The molecule has 2 aromatic rings. The molecule has 1 aliphatic heterocycles. The highest BCUT2D eigenvalue weighted by atomic mass is 16.5. The molecule has 4 nitrogen and oxygen atoms in total. The zero-order valence-corrected chi connectivity index (χ0v) is 13.0. The number of pyridine rings is 1. The molecule has 1 aromatic carbocycles. The van der Waals surface area contributed by atoms with E-state index in [1.54, 1.807) is 13.3 Å². The quantitative estimate of drug-likeness (QED) is 0.870. The number of hydrogen-bond acceptors (Lipinski definition) is 3. The third kappa shape index (κ3) is 2.56. The van der Waals surface area contributed by atoms with Crippen molar-refractivity contribution in [2.45, 2.75) is 25.7 Å². The van der Waals surface area contributed by atoms with Gasteiger partial charge in [0.15, 0.2) is 0 Å². The number of anilines is 1. The van der Waals surface area contributed by atoms with E-state index in [-0.39, 0.29) is 11.8 Å². The molecular weight excluding hydrogens is 276 g/mol. The molecule has 0 saturated carbocycles. The molecular formula is C18H20N2O2. The van der Waals surface area contributed by atoms with Crippen LogP contribution in [0.1, 0.15) is 30.4 Å². The van der Waals surface area contributed by atoms with Gasteiger partial charge in [-0.3, -0.25) is 9.78 Å². The van der Waals surface area contributed by atoms with E-state index in [1.165, 1.54) is 0 Å². The Balaban J connectivity index is 1.86. The van der Waals surface area contributed by atoms with Crippen molar-refractivity contribution < 1.29 is 9.53 Å². The molecule has 1 aromatic heterocycles. The van der Waals surface area contributed by atoms with Gasteiger partial charge in [-0.1, -0.05) is 19.1 Å². The third-order valence-corrected chi connectivity index (χ3v) is 4.26. The van der Waals surface area contributed by atoms with Crippen molar-refractivity contribution in [2.75, 3.05) is 18.6 Å². The van der Waals surface area contributed by atoms with Gasteiger partial charge in [-0.25, -0.2) is 0 Å². The fraction of sp³-hybridized carbons (Fsp3) is 0.333. The minimum absolute atomic E-state index is 0.120. The van der Waals surface area contributed by atoms with Crippen molar-refractivity contribution in [1.29, 1.82) is 0 Å². The molecule has 0 fully saturated rings. The van der Waals surface area contributed by atoms with Crippen LogP contribution in [0.25, 0.3) is 0 Å². The summed E-state index contributed by atoms with van der Waals surface area (Å²) in [6.45, 7) is 2.79. The molecule has 2 heterocycles. The van der Waals surface area contributed by atoms with Crippen LogP contribution in [0.4, 0.5) is 5.69 Å². The second kappa shape index (κ2) is 6.18. The number of nitrogens with zero attached hydrogens (tertiary/aromatic N) is 2. The monoisotopic (exact) mass is 296 g/mol. The molecule has 1 unspecified atom stereocenters. The van der Waals surface area contributed by atoms with E-state index in [0.717, 1.165) is 42.0 Å². The number of amides is 1. The van der Waals surface area contributed by atoms with Gasteiger partial charge in [0.2, 0.25) is 5.91 Å². The Bertz CT molecular complexity index is 667. The number of carbonyl (C=O) groups excluding carboxylic acids is 1. The first-order valence-corrected chi connectivity index (χ1v) is 7.62. The normalized spacial score (nSPS) is 14.5. The Morgan fingerprint density at radius 3 is 2.77 bits per heavy atom. The van der Waals surface area contributed by atoms with Gasteiger partial charge < -0.3 is 9.64 Å². The maximum Gasteiger partial charge on any atom is 0.234 e. The van der Waals surface area contributed by atoms with Crippen LogP contribution in [-0.2, 0) is 11.2 Å². The van der Waals surface area contributed by atoms with Crippen molar-refractivity contribution in [1.82, 2.24) is 4.98 Å². The number of methoxy groups -OCH3 is 1. The van der Waals surface area contributed by atoms with Crippen LogP contribution in [0, 0.1) is 0 Å². The average molecular weight is 296 g/mol. The van der Waals surface area contributed by atoms with E-state index in [4.69, 9.17) is 4.74 Å². The summed E-state index contributed by atoms with van der Waals surface area (Å²) in [4.78, 5) is 19.0. The maximum absolute atomic E-state index is 13.0. The predicted octanol–water partition coefficient (Wildman–Crippen LogP) is 3.17. The van der Waals surface area contributed by atoms with Crippen LogP contribution in [0.5, 0.6) is 5.75 Å². The number of benzene rings is 1. The van der Waals surface area contributed by atoms with Gasteiger partial charge in [-0.2, -0.15) is 0 Å². The van der Waals surface area contributed by atoms with Gasteiger partial charge in [0.05, 0.1) is 13.0 Å². The molecule has 3 rings (SSSR count). The van der Waals surface area contributed by atoms with Crippen LogP contribution >= 0.6 is 0 Å². The molecule has 114 valence electrons. The number of fused-ring (bicyclic) bond motifs is 1. The largest absolute Gasteiger partial charge is 0.497 e. The summed E-state index contributed by atoms with van der Waals surface area (Å²) in [6.07, 6.45) is 5.27. The summed E-state index contributed by atoms with van der Waals surface area (Å²) in [5.41, 5.74) is 3.20. The highest BCUT2D eigenvalue weighted by molar-refractivity contribution is 5.99. The minimum atomic E-state index is -0.120. The lowest BCUT2D eigenvalue weighted by molar-refractivity contribution is -0.120. The van der Waals surface area contributed by atoms with E-state index < -0.39 is 0 Å². The number of carbonyl (C=O) groups is 1. The number of rotatable bonds is 4. The number of hydrogen-bond donors (Lipinski definition) is 0. The fourth-order valence-corrected chi connectivity index (χ4v) is 3.03. The molecule has 0 radical (unpaired) electrons. The molecule has 0 saturated heterocycles. The van der Waals surface area contributed by atoms with Crippen LogP contribution in [0.2, 0.25) is 0 Å². The Kier molecular flexibility index (Phi) is 4.09. The van der Waals surface area contributed by atoms with Gasteiger partial charge in [0.25, 0.3) is 0 Å². The smallest absolute Gasteiger partial charge is 0.234 e. The van der Waals surface area contributed by atoms with Crippen LogP contribution < -0.4 is 9.64 Å². The zero-order valence-electron chi connectivity index (χ0n) is 13.0. The van der Waals surface area contributed by atoms with Gasteiger partial charge in [-0.05, 0) is 42.2 Å². The molecule has 0 spiro atoms. The lowest BCUT2D eigenvalue weighted by Crippen LogP contribution is -2.33. The fourth-order valence-electron chi connectivity index (χ4n) is 3.03. The summed E-state index contributed by atoms with van der Waals surface area (Å²) >= 11 is 0. The standard InChI is InChI=1S/C18H20N2O2/c1-3-16(13-4-6-15(22-2)7-5-13)18(21)20-11-9-14-12-19-10-8-17(14)20/h4-8,10,12,16H,3,9,11H2,1-2H3. The van der Waals surface area contributed by atoms with Gasteiger partial charge >= 0.3 is 0 Å². The van der Waals surface area contributed by atoms with Crippen molar-refractivity contribution in [3.63, 3.8) is 0 Å². The Morgan fingerprint density at radius 2 is 2.09 bits per heavy atom. The van der Waals surface area contributed by atoms with Gasteiger partial charge in [0.1, 0.15) is 5.75 Å². The lowest BCUT2D eigenvalue weighted by Gasteiger charge is -2.23. The SMILES string of the molecule is CCC(C(=O)N1CCc2cnccc21)c1ccc(OC)cc1. The summed E-state index contributed by atoms with van der Waals surface area (Å²) in [5.74, 6) is 0.853. The molecule has 1 amide bonds. The van der Waals surface area contributed by atoms with Crippen molar-refractivity contribution in [2.24, 2.45) is 0 Å². The molecule has 0 N–H and O–H groups in total. The van der Waals surface area contributed by atoms with Crippen LogP contribution in [-0.4, -0.2) is 24.5 Å². The Morgan fingerprint density at radius 1 is 1.32 bits per heavy atom. The van der Waals surface area contributed by atoms with E-state index in [9.17, 15) is 4.79 Å². The summed E-state index contributed by atoms with van der Waals surface area (Å²) in [5, 5.41) is 0. The topological polar surface area (TPSA) is 42.4 Å². The van der Waals surface area contributed by atoms with Gasteiger partial charge in [-0.15, -0.1) is 0 Å². The maximum atomic E-state index is 13.0. The first kappa shape index (κ1) is 14.6. The highest BCUT2D eigenvalue weighted by Crippen LogP contribution is 2.32. The predicted molar refractivity (Wildman–Crippen MR) is 86.3 cm³/mol. The van der Waals surface area contributed by atoms with Gasteiger partial charge in [0, 0.05) is 24.6 Å². The van der Waals surface area contributed by atoms with E-state index in [1.807, 2.05) is 41.4 Å². The zero-order chi connectivity index (χ0) is 15.5. The summed E-state index contributed by atoms with van der Waals surface area (Å²) < 4.78 is 5.19. The van der Waals surface area contributed by atoms with Crippen LogP contribution in [0.15, 0.2) is 42.7 Å². The second-order valence-corrected chi connectivity index (χ2v) is 5.48. The first-order valence-electron chi connectivity index (χ1n) is 7.62. The third-order valence-electron chi connectivity index (χ3n) is 4.26. The van der Waals surface area contributed by atoms with E-state index in [2.05, 4.69) is 11.9 Å². The summed E-state index contributed by atoms with van der Waals surface area (Å²) in [6, 6.07) is 9.71. The average Bonchev–Trinajstić information content (AvgIpc) is 3.00. The highest BCUT2D eigenvalue weighted by Gasteiger charge is 2.30. The van der Waals surface area contributed by atoms with E-state index in [0.29, 0.717) is 0 Å².